The van der Waals surface area contributed by atoms with Gasteiger partial charge in [0, 0.05) is 30.5 Å². The first-order chi connectivity index (χ1) is 16.2. The van der Waals surface area contributed by atoms with Crippen LogP contribution in [0.2, 0.25) is 0 Å². The van der Waals surface area contributed by atoms with Crippen LogP contribution < -0.4 is 0 Å². The highest BCUT2D eigenvalue weighted by atomic mass is 32.2. The van der Waals surface area contributed by atoms with Crippen molar-refractivity contribution in [2.24, 2.45) is 0 Å². The molecular formula is C25H28N2O3S4. The van der Waals surface area contributed by atoms with Crippen molar-refractivity contribution in [3.63, 3.8) is 0 Å². The Morgan fingerprint density at radius 2 is 1.65 bits per heavy atom. The summed E-state index contributed by atoms with van der Waals surface area (Å²) in [5, 5.41) is 0. The van der Waals surface area contributed by atoms with Gasteiger partial charge in [-0.15, -0.1) is 22.7 Å². The van der Waals surface area contributed by atoms with Gasteiger partial charge in [-0.25, -0.2) is 0 Å². The Labute approximate surface area is 213 Å². The zero-order chi connectivity index (χ0) is 24.1. The summed E-state index contributed by atoms with van der Waals surface area (Å²) < 4.78 is 40.9. The fourth-order valence-electron chi connectivity index (χ4n) is 5.27. The van der Waals surface area contributed by atoms with Crippen LogP contribution >= 0.6 is 34.4 Å². The molecular weight excluding hydrogens is 505 g/mol. The summed E-state index contributed by atoms with van der Waals surface area (Å²) in [5.41, 5.74) is 6.91. The molecule has 1 unspecified atom stereocenters. The van der Waals surface area contributed by atoms with Crippen molar-refractivity contribution >= 4 is 55.6 Å². The van der Waals surface area contributed by atoms with Crippen LogP contribution in [0, 0.1) is 13.8 Å². The van der Waals surface area contributed by atoms with Gasteiger partial charge in [-0.2, -0.15) is 17.2 Å². The molecule has 0 bridgehead atoms. The van der Waals surface area contributed by atoms with Crippen molar-refractivity contribution in [1.29, 1.82) is 0 Å². The molecule has 0 amide bonds. The van der Waals surface area contributed by atoms with E-state index in [-0.39, 0.29) is 11.2 Å². The first-order valence-corrected chi connectivity index (χ1v) is 15.6. The number of unbranched alkanes of at least 4 members (excludes halogenated alkanes) is 2. The Kier molecular flexibility index (Phi) is 6.44. The van der Waals surface area contributed by atoms with Crippen molar-refractivity contribution in [2.45, 2.75) is 64.7 Å². The lowest BCUT2D eigenvalue weighted by Gasteiger charge is -2.31. The Hall–Kier alpha value is -1.65. The first kappa shape index (κ1) is 24.1. The van der Waals surface area contributed by atoms with Crippen LogP contribution in [0.4, 0.5) is 0 Å². The smallest absolute Gasteiger partial charge is 0.264 e. The van der Waals surface area contributed by atoms with E-state index in [9.17, 15) is 13.0 Å². The number of hydrogen-bond acceptors (Lipinski definition) is 7. The van der Waals surface area contributed by atoms with Gasteiger partial charge in [-0.3, -0.25) is 4.55 Å². The second kappa shape index (κ2) is 9.09. The molecule has 3 aromatic heterocycles. The monoisotopic (exact) mass is 532 g/mol. The molecule has 0 saturated heterocycles. The number of nitrogens with zero attached hydrogens (tertiary/aromatic N) is 2. The van der Waals surface area contributed by atoms with E-state index < -0.39 is 10.1 Å². The normalized spacial score (nSPS) is 17.4. The van der Waals surface area contributed by atoms with E-state index in [1.165, 1.54) is 42.4 Å². The molecule has 0 spiro atoms. The third kappa shape index (κ3) is 4.15. The molecule has 0 radical (unpaired) electrons. The van der Waals surface area contributed by atoms with Crippen LogP contribution in [0.1, 0.15) is 67.0 Å². The quantitative estimate of drug-likeness (QED) is 0.177. The average Bonchev–Trinajstić information content (AvgIpc) is 3.54. The van der Waals surface area contributed by atoms with Crippen molar-refractivity contribution in [1.82, 2.24) is 8.75 Å². The molecule has 34 heavy (non-hydrogen) atoms. The molecule has 0 saturated carbocycles. The summed E-state index contributed by atoms with van der Waals surface area (Å²) in [6, 6.07) is 9.01. The molecule has 180 valence electrons. The number of thiophene rings is 2. The van der Waals surface area contributed by atoms with Crippen LogP contribution in [0.3, 0.4) is 0 Å². The van der Waals surface area contributed by atoms with Gasteiger partial charge >= 0.3 is 0 Å². The Balaban J connectivity index is 1.61. The van der Waals surface area contributed by atoms with Gasteiger partial charge in [-0.05, 0) is 61.9 Å². The highest BCUT2D eigenvalue weighted by molar-refractivity contribution is 7.85. The molecule has 4 aromatic rings. The maximum absolute atomic E-state index is 11.3. The molecule has 0 aliphatic heterocycles. The molecule has 5 nitrogen and oxygen atoms in total. The van der Waals surface area contributed by atoms with Crippen molar-refractivity contribution in [3.8, 4) is 20.2 Å². The van der Waals surface area contributed by atoms with Crippen molar-refractivity contribution in [3.05, 3.63) is 45.8 Å². The van der Waals surface area contributed by atoms with Gasteiger partial charge in [0.2, 0.25) is 0 Å². The Bertz CT molecular complexity index is 1460. The lowest BCUT2D eigenvalue weighted by Crippen LogP contribution is -2.25. The lowest BCUT2D eigenvalue weighted by atomic mass is 9.71. The van der Waals surface area contributed by atoms with Crippen LogP contribution in [0.15, 0.2) is 24.3 Å². The Morgan fingerprint density at radius 3 is 2.41 bits per heavy atom. The lowest BCUT2D eigenvalue weighted by molar-refractivity contribution is 0.413. The third-order valence-electron chi connectivity index (χ3n) is 6.92. The van der Waals surface area contributed by atoms with Crippen LogP contribution in [0.5, 0.6) is 0 Å². The highest BCUT2D eigenvalue weighted by Crippen LogP contribution is 2.60. The fourth-order valence-corrected chi connectivity index (χ4v) is 9.02. The molecule has 1 atom stereocenters. The second-order valence-corrected chi connectivity index (χ2v) is 13.7. The standard InChI is InChI=1S/C25H28N2O3S4/c1-4-5-10-25(11-6-7-12-34(28,29)30)18-13-16(3)31-23(18)24-19(25)14-20(32-24)17-9-8-15(2)21-22(17)27-33-26-21/h8-9,13-14H,4-7,10-12H2,1-3H3,(H,28,29,30). The zero-order valence-electron chi connectivity index (χ0n) is 19.6. The number of hydrogen-bond donors (Lipinski definition) is 1. The number of aromatic nitrogens is 2. The topological polar surface area (TPSA) is 80.2 Å². The predicted octanol–water partition coefficient (Wildman–Crippen LogP) is 7.61. The number of fused-ring (bicyclic) bond motifs is 4. The summed E-state index contributed by atoms with van der Waals surface area (Å²) in [7, 11) is -3.93. The number of benzene rings is 1. The van der Waals surface area contributed by atoms with Gasteiger partial charge in [-0.1, -0.05) is 38.3 Å². The zero-order valence-corrected chi connectivity index (χ0v) is 22.8. The van der Waals surface area contributed by atoms with Gasteiger partial charge < -0.3 is 0 Å². The first-order valence-electron chi connectivity index (χ1n) is 11.7. The summed E-state index contributed by atoms with van der Waals surface area (Å²) in [5.74, 6) is -0.174. The van der Waals surface area contributed by atoms with Crippen LogP contribution in [-0.4, -0.2) is 27.5 Å². The molecule has 5 rings (SSSR count). The molecule has 1 N–H and O–H groups in total. The number of rotatable bonds is 9. The molecule has 1 aliphatic carbocycles. The summed E-state index contributed by atoms with van der Waals surface area (Å²) >= 11 is 4.97. The molecule has 1 aliphatic rings. The van der Waals surface area contributed by atoms with Gasteiger partial charge in [0.1, 0.15) is 11.0 Å². The highest BCUT2D eigenvalue weighted by Gasteiger charge is 2.45. The summed E-state index contributed by atoms with van der Waals surface area (Å²) in [6.07, 6.45) is 5.39. The largest absolute Gasteiger partial charge is 0.286 e. The molecule has 0 fully saturated rings. The molecule has 1 aromatic carbocycles. The van der Waals surface area contributed by atoms with Gasteiger partial charge in [0.15, 0.2) is 0 Å². The SMILES string of the molecule is CCCCC1(CCCCS(=O)(=O)O)c2cc(C)sc2-c2sc(-c3ccc(C)c4nsnc34)cc21. The van der Waals surface area contributed by atoms with Crippen LogP contribution in [0.25, 0.3) is 31.2 Å². The maximum atomic E-state index is 11.3. The summed E-state index contributed by atoms with van der Waals surface area (Å²) in [4.78, 5) is 5.25. The second-order valence-electron chi connectivity index (χ2n) is 9.27. The summed E-state index contributed by atoms with van der Waals surface area (Å²) in [6.45, 7) is 6.47. The van der Waals surface area contributed by atoms with E-state index in [1.807, 2.05) is 22.7 Å². The Morgan fingerprint density at radius 1 is 0.941 bits per heavy atom. The van der Waals surface area contributed by atoms with E-state index in [4.69, 9.17) is 0 Å². The molecule has 3 heterocycles. The minimum atomic E-state index is -3.93. The molecule has 9 heteroatoms. The minimum Gasteiger partial charge on any atom is -0.286 e. The fraction of sp³-hybridized carbons (Fsp3) is 0.440. The van der Waals surface area contributed by atoms with Crippen molar-refractivity contribution < 1.29 is 13.0 Å². The van der Waals surface area contributed by atoms with Crippen LogP contribution in [-0.2, 0) is 15.5 Å². The van der Waals surface area contributed by atoms with Crippen molar-refractivity contribution in [2.75, 3.05) is 5.75 Å². The van der Waals surface area contributed by atoms with E-state index >= 15 is 0 Å². The van der Waals surface area contributed by atoms with E-state index in [0.29, 0.717) is 6.42 Å². The average molecular weight is 533 g/mol. The minimum absolute atomic E-state index is 0.108. The number of aryl methyl sites for hydroxylation is 2. The predicted molar refractivity (Wildman–Crippen MR) is 144 cm³/mol. The van der Waals surface area contributed by atoms with E-state index in [0.717, 1.165) is 54.3 Å². The maximum Gasteiger partial charge on any atom is 0.264 e. The van der Waals surface area contributed by atoms with E-state index in [2.05, 4.69) is 53.8 Å². The van der Waals surface area contributed by atoms with E-state index in [1.54, 1.807) is 0 Å². The third-order valence-corrected chi connectivity index (χ3v) is 10.6. The van der Waals surface area contributed by atoms with Gasteiger partial charge in [0.05, 0.1) is 17.5 Å². The van der Waals surface area contributed by atoms with Gasteiger partial charge in [0.25, 0.3) is 10.1 Å².